The fraction of sp³-hybridized carbons (Fsp3) is 0.429. The third-order valence-electron chi connectivity index (χ3n) is 4.09. The second-order valence-electron chi connectivity index (χ2n) is 5.73. The molecule has 2 heterocycles. The van der Waals surface area contributed by atoms with Crippen LogP contribution in [-0.4, -0.2) is 52.1 Å². The zero-order chi connectivity index (χ0) is 16.6. The Morgan fingerprint density at radius 2 is 2.13 bits per heavy atom. The molecule has 9 heteroatoms. The molecule has 1 saturated heterocycles. The van der Waals surface area contributed by atoms with Gasteiger partial charge in [-0.2, -0.15) is 4.68 Å². The van der Waals surface area contributed by atoms with Crippen LogP contribution in [0.5, 0.6) is 0 Å². The van der Waals surface area contributed by atoms with Gasteiger partial charge >= 0.3 is 0 Å². The number of amides is 1. The van der Waals surface area contributed by atoms with E-state index in [1.165, 1.54) is 11.0 Å². The van der Waals surface area contributed by atoms with E-state index in [0.717, 1.165) is 11.1 Å². The molecule has 1 atom stereocenters. The van der Waals surface area contributed by atoms with E-state index in [1.54, 1.807) is 6.07 Å². The Bertz CT molecular complexity index is 846. The third kappa shape index (κ3) is 3.09. The van der Waals surface area contributed by atoms with Crippen LogP contribution in [0.3, 0.4) is 0 Å². The molecular weight excluding hydrogens is 318 g/mol. The normalized spacial score (nSPS) is 19.7. The molecule has 23 heavy (non-hydrogen) atoms. The van der Waals surface area contributed by atoms with E-state index in [2.05, 4.69) is 20.8 Å². The fourth-order valence-corrected chi connectivity index (χ4v) is 4.39. The van der Waals surface area contributed by atoms with Crippen LogP contribution >= 0.6 is 0 Å². The van der Waals surface area contributed by atoms with E-state index >= 15 is 0 Å². The highest BCUT2D eigenvalue weighted by molar-refractivity contribution is 7.91. The number of carbonyl (C=O) groups excluding carboxylic acids is 1. The molecule has 1 amide bonds. The van der Waals surface area contributed by atoms with Crippen molar-refractivity contribution < 1.29 is 13.2 Å². The highest BCUT2D eigenvalue weighted by atomic mass is 32.2. The largest absolute Gasteiger partial charge is 0.348 e. The summed E-state index contributed by atoms with van der Waals surface area (Å²) < 4.78 is 24.5. The Labute approximate surface area is 133 Å². The molecule has 1 aliphatic heterocycles. The first-order chi connectivity index (χ1) is 10.9. The molecule has 1 aliphatic rings. The number of benzene rings is 1. The Hall–Kier alpha value is -2.29. The van der Waals surface area contributed by atoms with Crippen LogP contribution in [0.4, 0.5) is 0 Å². The molecule has 1 fully saturated rings. The van der Waals surface area contributed by atoms with Crippen molar-refractivity contribution in [1.82, 2.24) is 25.5 Å². The van der Waals surface area contributed by atoms with Gasteiger partial charge in [-0.25, -0.2) is 8.42 Å². The van der Waals surface area contributed by atoms with Gasteiger partial charge in [0.15, 0.2) is 9.84 Å². The number of aromatic nitrogens is 4. The molecule has 8 nitrogen and oxygen atoms in total. The Kier molecular flexibility index (Phi) is 3.88. The number of rotatable bonds is 3. The first-order valence-corrected chi connectivity index (χ1v) is 9.04. The molecule has 122 valence electrons. The summed E-state index contributed by atoms with van der Waals surface area (Å²) in [5.74, 6) is -0.213. The van der Waals surface area contributed by atoms with E-state index in [1.807, 2.05) is 19.9 Å². The van der Waals surface area contributed by atoms with Crippen molar-refractivity contribution in [3.05, 3.63) is 35.2 Å². The van der Waals surface area contributed by atoms with Crippen LogP contribution in [-0.2, 0) is 9.84 Å². The molecule has 1 N–H and O–H groups in total. The first kappa shape index (κ1) is 15.6. The topological polar surface area (TPSA) is 107 Å². The number of aryl methyl sites for hydroxylation is 1. The van der Waals surface area contributed by atoms with E-state index < -0.39 is 9.84 Å². The van der Waals surface area contributed by atoms with Crippen molar-refractivity contribution in [2.24, 2.45) is 0 Å². The van der Waals surface area contributed by atoms with Crippen LogP contribution in [0.1, 0.15) is 27.9 Å². The fourth-order valence-electron chi connectivity index (χ4n) is 2.72. The van der Waals surface area contributed by atoms with E-state index in [4.69, 9.17) is 0 Å². The van der Waals surface area contributed by atoms with Crippen molar-refractivity contribution in [1.29, 1.82) is 0 Å². The van der Waals surface area contributed by atoms with E-state index in [0.29, 0.717) is 17.7 Å². The maximum Gasteiger partial charge on any atom is 0.253 e. The summed E-state index contributed by atoms with van der Waals surface area (Å²) in [7, 11) is -3.04. The van der Waals surface area contributed by atoms with Crippen molar-refractivity contribution in [3.63, 3.8) is 0 Å². The zero-order valence-corrected chi connectivity index (χ0v) is 13.7. The molecular formula is C14H17N5O3S. The molecule has 0 spiro atoms. The van der Waals surface area contributed by atoms with Gasteiger partial charge in [-0.15, -0.1) is 5.10 Å². The highest BCUT2D eigenvalue weighted by Crippen LogP contribution is 2.22. The number of nitrogens with zero attached hydrogens (tertiary/aromatic N) is 4. The number of sulfone groups is 1. The third-order valence-corrected chi connectivity index (χ3v) is 5.86. The number of nitrogens with one attached hydrogen (secondary N) is 1. The van der Waals surface area contributed by atoms with Gasteiger partial charge in [0.2, 0.25) is 0 Å². The summed E-state index contributed by atoms with van der Waals surface area (Å²) >= 11 is 0. The average Bonchev–Trinajstić information content (AvgIpc) is 3.11. The van der Waals surface area contributed by atoms with Crippen LogP contribution < -0.4 is 5.32 Å². The zero-order valence-electron chi connectivity index (χ0n) is 12.9. The maximum atomic E-state index is 12.6. The van der Waals surface area contributed by atoms with Gasteiger partial charge in [-0.1, -0.05) is 6.07 Å². The van der Waals surface area contributed by atoms with Gasteiger partial charge in [-0.05, 0) is 47.9 Å². The molecule has 3 rings (SSSR count). The van der Waals surface area contributed by atoms with Crippen molar-refractivity contribution in [3.8, 4) is 5.69 Å². The highest BCUT2D eigenvalue weighted by Gasteiger charge is 2.30. The van der Waals surface area contributed by atoms with Gasteiger partial charge in [0.25, 0.3) is 5.91 Å². The Morgan fingerprint density at radius 3 is 2.74 bits per heavy atom. The summed E-state index contributed by atoms with van der Waals surface area (Å²) in [5.41, 5.74) is 2.93. The SMILES string of the molecule is Cc1ccc(C(=O)N[C@@H]2CCS(=O)(=O)C2)c(-n2cnnn2)c1C. The maximum absolute atomic E-state index is 12.6. The standard InChI is InChI=1S/C14H17N5O3S/c1-9-3-4-12(13(10(9)2)19-8-15-17-18-19)14(20)16-11-5-6-23(21,22)7-11/h3-4,8,11H,5-7H2,1-2H3,(H,16,20)/t11-/m1/s1. The van der Waals surface area contributed by atoms with E-state index in [-0.39, 0.29) is 23.5 Å². The average molecular weight is 335 g/mol. The van der Waals surface area contributed by atoms with Crippen LogP contribution in [0.15, 0.2) is 18.5 Å². The van der Waals surface area contributed by atoms with Gasteiger partial charge in [-0.3, -0.25) is 4.79 Å². The molecule has 0 radical (unpaired) electrons. The summed E-state index contributed by atoms with van der Waals surface area (Å²) in [6, 6.07) is 3.21. The van der Waals surface area contributed by atoms with Gasteiger partial charge in [0, 0.05) is 6.04 Å². The van der Waals surface area contributed by atoms with Gasteiger partial charge < -0.3 is 5.32 Å². The number of carbonyl (C=O) groups is 1. The molecule has 0 bridgehead atoms. The van der Waals surface area contributed by atoms with Crippen LogP contribution in [0, 0.1) is 13.8 Å². The van der Waals surface area contributed by atoms with Crippen molar-refractivity contribution >= 4 is 15.7 Å². The van der Waals surface area contributed by atoms with Crippen molar-refractivity contribution in [2.45, 2.75) is 26.3 Å². The lowest BCUT2D eigenvalue weighted by atomic mass is 10.0. The van der Waals surface area contributed by atoms with Crippen LogP contribution in [0.25, 0.3) is 5.69 Å². The Balaban J connectivity index is 1.94. The van der Waals surface area contributed by atoms with E-state index in [9.17, 15) is 13.2 Å². The minimum absolute atomic E-state index is 0.0101. The molecule has 0 unspecified atom stereocenters. The minimum Gasteiger partial charge on any atom is -0.348 e. The smallest absolute Gasteiger partial charge is 0.253 e. The molecule has 2 aromatic rings. The minimum atomic E-state index is -3.04. The molecule has 1 aromatic carbocycles. The molecule has 0 saturated carbocycles. The quantitative estimate of drug-likeness (QED) is 0.858. The Morgan fingerprint density at radius 1 is 1.35 bits per heavy atom. The predicted octanol–water partition coefficient (Wildman–Crippen LogP) is 0.196. The summed E-state index contributed by atoms with van der Waals surface area (Å²) in [6.45, 7) is 3.83. The predicted molar refractivity (Wildman–Crippen MR) is 83.2 cm³/mol. The molecule has 1 aromatic heterocycles. The van der Waals surface area contributed by atoms with Gasteiger partial charge in [0.1, 0.15) is 6.33 Å². The monoisotopic (exact) mass is 335 g/mol. The number of hydrogen-bond donors (Lipinski definition) is 1. The summed E-state index contributed by atoms with van der Waals surface area (Å²) in [6.07, 6.45) is 1.87. The first-order valence-electron chi connectivity index (χ1n) is 7.22. The lowest BCUT2D eigenvalue weighted by Gasteiger charge is -2.16. The summed E-state index contributed by atoms with van der Waals surface area (Å²) in [4.78, 5) is 12.6. The molecule has 0 aliphatic carbocycles. The second kappa shape index (κ2) is 5.73. The second-order valence-corrected chi connectivity index (χ2v) is 7.96. The number of tetrazole rings is 1. The summed E-state index contributed by atoms with van der Waals surface area (Å²) in [5, 5.41) is 13.9. The number of hydrogen-bond acceptors (Lipinski definition) is 6. The van der Waals surface area contributed by atoms with Gasteiger partial charge in [0.05, 0.1) is 22.8 Å². The van der Waals surface area contributed by atoms with Crippen LogP contribution in [0.2, 0.25) is 0 Å². The lowest BCUT2D eigenvalue weighted by molar-refractivity contribution is 0.0941. The lowest BCUT2D eigenvalue weighted by Crippen LogP contribution is -2.36. The van der Waals surface area contributed by atoms with Crippen molar-refractivity contribution in [2.75, 3.05) is 11.5 Å².